The Morgan fingerprint density at radius 1 is 0.707 bits per heavy atom. The molecule has 0 aliphatic heterocycles. The van der Waals surface area contributed by atoms with E-state index in [0.29, 0.717) is 47.1 Å². The van der Waals surface area contributed by atoms with Gasteiger partial charge in [0.2, 0.25) is 11.8 Å². The third kappa shape index (κ3) is 10.3. The van der Waals surface area contributed by atoms with Gasteiger partial charge in [0.15, 0.2) is 5.96 Å². The fourth-order valence-electron chi connectivity index (χ4n) is 4.11. The molecule has 0 saturated heterocycles. The Bertz CT molecular complexity index is 1300. The smallest absolute Gasteiger partial charge is 0.312 e. The van der Waals surface area contributed by atoms with Crippen LogP contribution < -0.4 is 33.2 Å². The van der Waals surface area contributed by atoms with E-state index in [4.69, 9.17) is 40.4 Å². The lowest BCUT2D eigenvalue weighted by atomic mass is 9.90. The Labute approximate surface area is 248 Å². The molecule has 0 fully saturated rings. The van der Waals surface area contributed by atoms with Gasteiger partial charge in [-0.2, -0.15) is 0 Å². The number of aliphatic imine (C=N–C) groups is 1. The van der Waals surface area contributed by atoms with E-state index in [0.717, 1.165) is 11.1 Å². The number of nitrogens with two attached hydrogens (primary N) is 3. The molecule has 0 radical (unpaired) electrons. The fourth-order valence-corrected chi connectivity index (χ4v) is 4.36. The summed E-state index contributed by atoms with van der Waals surface area (Å²) in [7, 11) is 0. The molecule has 3 aromatic rings. The zero-order chi connectivity index (χ0) is 29.8. The lowest BCUT2D eigenvalue weighted by Gasteiger charge is -2.23. The summed E-state index contributed by atoms with van der Waals surface area (Å²) in [6.07, 6.45) is 0.768. The van der Waals surface area contributed by atoms with Gasteiger partial charge >= 0.3 is 6.03 Å². The molecule has 216 valence electrons. The number of benzene rings is 3. The van der Waals surface area contributed by atoms with E-state index in [1.54, 1.807) is 48.5 Å². The second kappa shape index (κ2) is 15.5. The second-order valence-corrected chi connectivity index (χ2v) is 10.2. The first kappa shape index (κ1) is 31.3. The van der Waals surface area contributed by atoms with Gasteiger partial charge in [-0.1, -0.05) is 71.7 Å². The standard InChI is InChI=1S/C29H33Cl2N7O3/c30-22-11-7-20(8-12-22)25(21-9-13-23(31)14-10-21)27(40)38-24(2-1-15-35-28(32)33)26(39)36-16-18-3-5-19(6-4-18)17-37-29(34)41/h3-14,24-25H,1-2,15-17H2,(H,36,39)(H,38,40)(H4,32,33,35)(H3,34,37,41)/t24-/m1/s1. The van der Waals surface area contributed by atoms with Crippen LogP contribution in [0.25, 0.3) is 0 Å². The number of hydrogen-bond acceptors (Lipinski definition) is 4. The minimum Gasteiger partial charge on any atom is -0.370 e. The van der Waals surface area contributed by atoms with Crippen LogP contribution in [0, 0.1) is 0 Å². The summed E-state index contributed by atoms with van der Waals surface area (Å²) in [4.78, 5) is 41.9. The average Bonchev–Trinajstić information content (AvgIpc) is 2.94. The fraction of sp³-hybridized carbons (Fsp3) is 0.241. The molecule has 0 spiro atoms. The van der Waals surface area contributed by atoms with Crippen LogP contribution in [0.15, 0.2) is 77.8 Å². The third-order valence-corrected chi connectivity index (χ3v) is 6.71. The maximum Gasteiger partial charge on any atom is 0.312 e. The van der Waals surface area contributed by atoms with E-state index < -0.39 is 18.0 Å². The van der Waals surface area contributed by atoms with Gasteiger partial charge in [0.1, 0.15) is 6.04 Å². The predicted molar refractivity (Wildman–Crippen MR) is 161 cm³/mol. The first-order chi connectivity index (χ1) is 19.6. The average molecular weight is 599 g/mol. The Morgan fingerprint density at radius 2 is 1.20 bits per heavy atom. The molecule has 3 rings (SSSR count). The van der Waals surface area contributed by atoms with E-state index in [-0.39, 0.29) is 24.3 Å². The van der Waals surface area contributed by atoms with Crippen LogP contribution in [0.5, 0.6) is 0 Å². The highest BCUT2D eigenvalue weighted by atomic mass is 35.5. The van der Waals surface area contributed by atoms with Gasteiger partial charge < -0.3 is 33.2 Å². The number of halogens is 2. The number of nitrogens with one attached hydrogen (secondary N) is 3. The van der Waals surface area contributed by atoms with Crippen molar-refractivity contribution in [3.8, 4) is 0 Å². The molecule has 0 unspecified atom stereocenters. The van der Waals surface area contributed by atoms with Crippen LogP contribution in [0.2, 0.25) is 10.0 Å². The van der Waals surface area contributed by atoms with Crippen molar-refractivity contribution in [2.75, 3.05) is 6.54 Å². The number of hydrogen-bond donors (Lipinski definition) is 6. The first-order valence-corrected chi connectivity index (χ1v) is 13.6. The highest BCUT2D eigenvalue weighted by molar-refractivity contribution is 6.30. The Kier molecular flexibility index (Phi) is 11.8. The van der Waals surface area contributed by atoms with Gasteiger partial charge in [0.25, 0.3) is 0 Å². The van der Waals surface area contributed by atoms with Gasteiger partial charge in [-0.15, -0.1) is 0 Å². The van der Waals surface area contributed by atoms with E-state index in [1.165, 1.54) is 0 Å². The number of urea groups is 1. The van der Waals surface area contributed by atoms with Gasteiger partial charge in [0, 0.05) is 29.7 Å². The maximum atomic E-state index is 13.7. The minimum absolute atomic E-state index is 0.0462. The number of guanidine groups is 1. The van der Waals surface area contributed by atoms with E-state index >= 15 is 0 Å². The zero-order valence-electron chi connectivity index (χ0n) is 22.3. The summed E-state index contributed by atoms with van der Waals surface area (Å²) >= 11 is 12.2. The second-order valence-electron chi connectivity index (χ2n) is 9.30. The van der Waals surface area contributed by atoms with Crippen molar-refractivity contribution in [3.63, 3.8) is 0 Å². The van der Waals surface area contributed by atoms with Crippen LogP contribution in [-0.4, -0.2) is 36.4 Å². The van der Waals surface area contributed by atoms with E-state index in [1.807, 2.05) is 24.3 Å². The largest absolute Gasteiger partial charge is 0.370 e. The Balaban J connectivity index is 1.76. The van der Waals surface area contributed by atoms with Crippen LogP contribution >= 0.6 is 23.2 Å². The molecule has 0 aliphatic rings. The van der Waals surface area contributed by atoms with Crippen molar-refractivity contribution < 1.29 is 14.4 Å². The highest BCUT2D eigenvalue weighted by Crippen LogP contribution is 2.28. The van der Waals surface area contributed by atoms with Gasteiger partial charge in [0.05, 0.1) is 5.92 Å². The summed E-state index contributed by atoms with van der Waals surface area (Å²) in [6, 6.07) is 19.8. The molecule has 0 aliphatic carbocycles. The monoisotopic (exact) mass is 597 g/mol. The molecule has 12 heteroatoms. The Hall–Kier alpha value is -4.28. The number of nitrogens with zero attached hydrogens (tertiary/aromatic N) is 1. The minimum atomic E-state index is -0.849. The quantitative estimate of drug-likeness (QED) is 0.100. The molecule has 4 amide bonds. The molecule has 9 N–H and O–H groups in total. The summed E-state index contributed by atoms with van der Waals surface area (Å²) in [5.74, 6) is -1.47. The van der Waals surface area contributed by atoms with Crippen molar-refractivity contribution in [3.05, 3.63) is 105 Å². The van der Waals surface area contributed by atoms with Crippen molar-refractivity contribution >= 4 is 47.0 Å². The lowest BCUT2D eigenvalue weighted by molar-refractivity contribution is -0.129. The van der Waals surface area contributed by atoms with E-state index in [2.05, 4.69) is 20.9 Å². The van der Waals surface area contributed by atoms with E-state index in [9.17, 15) is 14.4 Å². The highest BCUT2D eigenvalue weighted by Gasteiger charge is 2.28. The lowest BCUT2D eigenvalue weighted by Crippen LogP contribution is -2.48. The maximum absolute atomic E-state index is 13.7. The SMILES string of the molecule is NC(=O)NCc1ccc(CNC(=O)[C@@H](CCCN=C(N)N)NC(=O)C(c2ccc(Cl)cc2)c2ccc(Cl)cc2)cc1. The van der Waals surface area contributed by atoms with Crippen LogP contribution in [0.1, 0.15) is 41.0 Å². The molecule has 10 nitrogen and oxygen atoms in total. The van der Waals surface area contributed by atoms with Crippen molar-refractivity contribution in [2.45, 2.75) is 37.9 Å². The molecular formula is C29H33Cl2N7O3. The molecule has 0 aromatic heterocycles. The third-order valence-electron chi connectivity index (χ3n) is 6.20. The van der Waals surface area contributed by atoms with Crippen molar-refractivity contribution in [1.29, 1.82) is 0 Å². The topological polar surface area (TPSA) is 178 Å². The van der Waals surface area contributed by atoms with Crippen LogP contribution in [0.3, 0.4) is 0 Å². The zero-order valence-corrected chi connectivity index (χ0v) is 23.8. The number of primary amides is 1. The molecule has 41 heavy (non-hydrogen) atoms. The number of carbonyl (C=O) groups excluding carboxylic acids is 3. The summed E-state index contributed by atoms with van der Waals surface area (Å²) < 4.78 is 0. The number of carbonyl (C=O) groups is 3. The van der Waals surface area contributed by atoms with Crippen molar-refractivity contribution in [1.82, 2.24) is 16.0 Å². The molecule has 0 heterocycles. The summed E-state index contributed by atoms with van der Waals surface area (Å²) in [5, 5.41) is 9.42. The molecule has 0 saturated carbocycles. The molecule has 3 aromatic carbocycles. The number of amides is 4. The van der Waals surface area contributed by atoms with Gasteiger partial charge in [-0.25, -0.2) is 4.79 Å². The first-order valence-electron chi connectivity index (χ1n) is 12.9. The van der Waals surface area contributed by atoms with Crippen LogP contribution in [-0.2, 0) is 22.7 Å². The van der Waals surface area contributed by atoms with Crippen LogP contribution in [0.4, 0.5) is 4.79 Å². The molecule has 0 bridgehead atoms. The normalized spacial score (nSPS) is 11.4. The Morgan fingerprint density at radius 3 is 1.66 bits per heavy atom. The molecule has 1 atom stereocenters. The molecular weight excluding hydrogens is 565 g/mol. The summed E-state index contributed by atoms with van der Waals surface area (Å²) in [5.41, 5.74) is 19.1. The van der Waals surface area contributed by atoms with Crippen molar-refractivity contribution in [2.24, 2.45) is 22.2 Å². The number of rotatable bonds is 13. The summed E-state index contributed by atoms with van der Waals surface area (Å²) in [6.45, 7) is 0.843. The van der Waals surface area contributed by atoms with Gasteiger partial charge in [-0.3, -0.25) is 14.6 Å². The van der Waals surface area contributed by atoms with Gasteiger partial charge in [-0.05, 0) is 59.4 Å². The predicted octanol–water partition coefficient (Wildman–Crippen LogP) is 3.15.